The van der Waals surface area contributed by atoms with E-state index >= 15 is 0 Å². The number of halogens is 1. The Bertz CT molecular complexity index is 757. The van der Waals surface area contributed by atoms with E-state index in [1.807, 2.05) is 18.2 Å². The minimum atomic E-state index is -0.651. The predicted molar refractivity (Wildman–Crippen MR) is 99.4 cm³/mol. The van der Waals surface area contributed by atoms with Gasteiger partial charge in [-0.05, 0) is 36.8 Å². The van der Waals surface area contributed by atoms with E-state index in [4.69, 9.17) is 16.3 Å². The lowest BCUT2D eigenvalue weighted by molar-refractivity contribution is 0.0344. The molecular weight excluding hydrogens is 354 g/mol. The third-order valence-electron chi connectivity index (χ3n) is 4.50. The maximum Gasteiger partial charge on any atom is 0.255 e. The molecule has 2 heterocycles. The van der Waals surface area contributed by atoms with E-state index in [9.17, 15) is 9.90 Å². The van der Waals surface area contributed by atoms with Crippen LogP contribution in [-0.4, -0.2) is 53.2 Å². The number of hydrogen-bond acceptors (Lipinski definition) is 5. The largest absolute Gasteiger partial charge is 0.496 e. The topological polar surface area (TPSA) is 74.7 Å². The van der Waals surface area contributed by atoms with Crippen molar-refractivity contribution in [3.05, 3.63) is 58.9 Å². The van der Waals surface area contributed by atoms with E-state index in [-0.39, 0.29) is 11.9 Å². The fraction of sp³-hybridized carbons (Fsp3) is 0.368. The third-order valence-corrected chi connectivity index (χ3v) is 4.74. The molecule has 0 radical (unpaired) electrons. The van der Waals surface area contributed by atoms with Crippen LogP contribution in [0, 0.1) is 0 Å². The van der Waals surface area contributed by atoms with Gasteiger partial charge in [0.2, 0.25) is 0 Å². The fourth-order valence-electron chi connectivity index (χ4n) is 3.13. The Morgan fingerprint density at radius 1 is 1.42 bits per heavy atom. The number of carbonyl (C=O) groups is 1. The zero-order chi connectivity index (χ0) is 18.5. The summed E-state index contributed by atoms with van der Waals surface area (Å²) in [5.74, 6) is 0.153. The first-order valence-electron chi connectivity index (χ1n) is 8.51. The molecule has 2 N–H and O–H groups in total. The normalized spacial score (nSPS) is 20.6. The van der Waals surface area contributed by atoms with Crippen molar-refractivity contribution in [1.82, 2.24) is 15.2 Å². The van der Waals surface area contributed by atoms with Gasteiger partial charge in [0, 0.05) is 30.9 Å². The van der Waals surface area contributed by atoms with Crippen LogP contribution in [0.3, 0.4) is 0 Å². The number of ether oxygens (including phenoxy) is 1. The Morgan fingerprint density at radius 2 is 2.27 bits per heavy atom. The number of nitrogens with one attached hydrogen (secondary N) is 1. The van der Waals surface area contributed by atoms with Crippen molar-refractivity contribution in [3.8, 4) is 5.75 Å². The van der Waals surface area contributed by atoms with Crippen molar-refractivity contribution in [3.63, 3.8) is 0 Å². The highest BCUT2D eigenvalue weighted by Gasteiger charge is 2.29. The second-order valence-corrected chi connectivity index (χ2v) is 6.77. The number of rotatable bonds is 5. The molecule has 1 saturated heterocycles. The number of carbonyl (C=O) groups excluding carboxylic acids is 1. The van der Waals surface area contributed by atoms with Gasteiger partial charge in [0.1, 0.15) is 5.75 Å². The number of aliphatic hydroxyl groups is 1. The van der Waals surface area contributed by atoms with Crippen molar-refractivity contribution >= 4 is 17.5 Å². The van der Waals surface area contributed by atoms with Crippen LogP contribution in [0.2, 0.25) is 5.02 Å². The molecule has 1 aromatic heterocycles. The molecule has 7 heteroatoms. The summed E-state index contributed by atoms with van der Waals surface area (Å²) in [4.78, 5) is 19.0. The first-order chi connectivity index (χ1) is 12.6. The zero-order valence-electron chi connectivity index (χ0n) is 14.6. The molecular formula is C19H22ClN3O3. The molecule has 6 nitrogen and oxygen atoms in total. The van der Waals surface area contributed by atoms with Gasteiger partial charge < -0.3 is 15.2 Å². The van der Waals surface area contributed by atoms with Crippen molar-refractivity contribution in [1.29, 1.82) is 0 Å². The maximum atomic E-state index is 12.6. The highest BCUT2D eigenvalue weighted by Crippen LogP contribution is 2.23. The molecule has 1 amide bonds. The number of nitrogens with zero attached hydrogens (tertiary/aromatic N) is 2. The average molecular weight is 376 g/mol. The lowest BCUT2D eigenvalue weighted by atomic mass is 10.0. The second-order valence-electron chi connectivity index (χ2n) is 6.34. The van der Waals surface area contributed by atoms with E-state index in [1.54, 1.807) is 24.4 Å². The predicted octanol–water partition coefficient (Wildman–Crippen LogP) is 2.11. The van der Waals surface area contributed by atoms with E-state index in [1.165, 1.54) is 7.11 Å². The van der Waals surface area contributed by atoms with Crippen LogP contribution < -0.4 is 10.1 Å². The van der Waals surface area contributed by atoms with Gasteiger partial charge in [-0.25, -0.2) is 0 Å². The monoisotopic (exact) mass is 375 g/mol. The minimum absolute atomic E-state index is 0.299. The second kappa shape index (κ2) is 8.49. The zero-order valence-corrected chi connectivity index (χ0v) is 15.3. The molecule has 3 rings (SSSR count). The highest BCUT2D eigenvalue weighted by molar-refractivity contribution is 6.31. The summed E-state index contributed by atoms with van der Waals surface area (Å²) in [5, 5.41) is 13.8. The fourth-order valence-corrected chi connectivity index (χ4v) is 3.31. The van der Waals surface area contributed by atoms with Gasteiger partial charge in [0.05, 0.1) is 30.5 Å². The Labute approximate surface area is 157 Å². The molecule has 138 valence electrons. The Kier molecular flexibility index (Phi) is 6.08. The summed E-state index contributed by atoms with van der Waals surface area (Å²) in [5.41, 5.74) is 1.33. The van der Waals surface area contributed by atoms with E-state index in [0.29, 0.717) is 35.8 Å². The lowest BCUT2D eigenvalue weighted by Crippen LogP contribution is -2.53. The van der Waals surface area contributed by atoms with E-state index < -0.39 is 6.10 Å². The van der Waals surface area contributed by atoms with Gasteiger partial charge in [0.25, 0.3) is 5.91 Å². The van der Waals surface area contributed by atoms with Crippen molar-refractivity contribution in [2.75, 3.05) is 20.2 Å². The van der Waals surface area contributed by atoms with Crippen molar-refractivity contribution in [2.45, 2.75) is 25.1 Å². The molecule has 2 aromatic rings. The highest BCUT2D eigenvalue weighted by atomic mass is 35.5. The van der Waals surface area contributed by atoms with Crippen LogP contribution in [0.5, 0.6) is 5.75 Å². The van der Waals surface area contributed by atoms with E-state index in [2.05, 4.69) is 15.2 Å². The van der Waals surface area contributed by atoms with Crippen LogP contribution in [0.25, 0.3) is 0 Å². The molecule has 1 aliphatic rings. The molecule has 1 fully saturated rings. The quantitative estimate of drug-likeness (QED) is 0.837. The number of amides is 1. The molecule has 0 spiro atoms. The molecule has 0 aliphatic carbocycles. The van der Waals surface area contributed by atoms with Gasteiger partial charge in [-0.3, -0.25) is 14.7 Å². The Hall–Kier alpha value is -2.15. The summed E-state index contributed by atoms with van der Waals surface area (Å²) >= 11 is 5.99. The van der Waals surface area contributed by atoms with E-state index in [0.717, 1.165) is 12.2 Å². The lowest BCUT2D eigenvalue weighted by Gasteiger charge is -2.36. The summed E-state index contributed by atoms with van der Waals surface area (Å²) in [7, 11) is 1.50. The number of aromatic nitrogens is 1. The Morgan fingerprint density at radius 3 is 2.96 bits per heavy atom. The number of likely N-dealkylation sites (tertiary alicyclic amines) is 1. The smallest absolute Gasteiger partial charge is 0.255 e. The molecule has 0 unspecified atom stereocenters. The maximum absolute atomic E-state index is 12.6. The van der Waals surface area contributed by atoms with Gasteiger partial charge in [-0.2, -0.15) is 0 Å². The molecule has 1 aromatic carbocycles. The molecule has 26 heavy (non-hydrogen) atoms. The first-order valence-corrected chi connectivity index (χ1v) is 8.89. The standard InChI is InChI=1S/C19H22ClN3O3/c1-26-18-6-5-13(20)10-15(18)19(25)22-16-7-9-23(12-17(16)24)11-14-4-2-3-8-21-14/h2-6,8,10,16-17,24H,7,9,11-12H2,1H3,(H,22,25)/t16-,17-/m1/s1. The number of pyridine rings is 1. The van der Waals surface area contributed by atoms with Crippen LogP contribution in [0.15, 0.2) is 42.6 Å². The summed E-state index contributed by atoms with van der Waals surface area (Å²) in [6.45, 7) is 1.93. The molecule has 2 atom stereocenters. The molecule has 0 saturated carbocycles. The number of piperidine rings is 1. The number of β-amino-alcohol motifs (C(OH)–C–C–N with tert-alkyl or cyclic N) is 1. The number of hydrogen-bond donors (Lipinski definition) is 2. The SMILES string of the molecule is COc1ccc(Cl)cc1C(=O)N[C@@H]1CCN(Cc2ccccn2)C[C@H]1O. The van der Waals surface area contributed by atoms with Gasteiger partial charge >= 0.3 is 0 Å². The Balaban J connectivity index is 1.60. The van der Waals surface area contributed by atoms with Crippen molar-refractivity contribution < 1.29 is 14.6 Å². The number of benzene rings is 1. The molecule has 1 aliphatic heterocycles. The molecule has 0 bridgehead atoms. The summed E-state index contributed by atoms with van der Waals surface area (Å²) < 4.78 is 5.22. The van der Waals surface area contributed by atoms with Gasteiger partial charge in [0.15, 0.2) is 0 Å². The van der Waals surface area contributed by atoms with Crippen LogP contribution in [0.4, 0.5) is 0 Å². The number of methoxy groups -OCH3 is 1. The van der Waals surface area contributed by atoms with Gasteiger partial charge in [-0.1, -0.05) is 17.7 Å². The van der Waals surface area contributed by atoms with Crippen LogP contribution in [0.1, 0.15) is 22.5 Å². The summed E-state index contributed by atoms with van der Waals surface area (Å²) in [6, 6.07) is 10.4. The minimum Gasteiger partial charge on any atom is -0.496 e. The van der Waals surface area contributed by atoms with Crippen LogP contribution in [-0.2, 0) is 6.54 Å². The number of aliphatic hydroxyl groups excluding tert-OH is 1. The van der Waals surface area contributed by atoms with Gasteiger partial charge in [-0.15, -0.1) is 0 Å². The van der Waals surface area contributed by atoms with Crippen LogP contribution >= 0.6 is 11.6 Å². The van der Waals surface area contributed by atoms with Crippen molar-refractivity contribution in [2.24, 2.45) is 0 Å². The summed E-state index contributed by atoms with van der Waals surface area (Å²) in [6.07, 6.45) is 1.77. The first kappa shape index (κ1) is 18.6. The third kappa shape index (κ3) is 4.52. The average Bonchev–Trinajstić information content (AvgIpc) is 2.64.